The SMILES string of the molecule is O=C(O)c1cccc(-c2ccc(OCC3CCCNC3)nc2)c1. The highest BCUT2D eigenvalue weighted by molar-refractivity contribution is 5.89. The van der Waals surface area contributed by atoms with Gasteiger partial charge in [0.1, 0.15) is 0 Å². The molecule has 2 heterocycles. The molecule has 120 valence electrons. The summed E-state index contributed by atoms with van der Waals surface area (Å²) in [5, 5.41) is 12.4. The van der Waals surface area contributed by atoms with Gasteiger partial charge in [-0.3, -0.25) is 0 Å². The topological polar surface area (TPSA) is 71.5 Å². The van der Waals surface area contributed by atoms with Crippen LogP contribution >= 0.6 is 0 Å². The fraction of sp³-hybridized carbons (Fsp3) is 0.333. The number of hydrogen-bond donors (Lipinski definition) is 2. The van der Waals surface area contributed by atoms with Crippen LogP contribution in [0, 0.1) is 5.92 Å². The number of pyridine rings is 1. The van der Waals surface area contributed by atoms with Crippen LogP contribution in [0.2, 0.25) is 0 Å². The molecule has 0 amide bonds. The normalized spacial score (nSPS) is 17.7. The van der Waals surface area contributed by atoms with Crippen LogP contribution in [0.4, 0.5) is 0 Å². The summed E-state index contributed by atoms with van der Waals surface area (Å²) in [5.41, 5.74) is 1.98. The van der Waals surface area contributed by atoms with E-state index in [0.29, 0.717) is 18.4 Å². The molecule has 1 atom stereocenters. The zero-order valence-corrected chi connectivity index (χ0v) is 12.9. The lowest BCUT2D eigenvalue weighted by Crippen LogP contribution is -2.33. The Kier molecular flexibility index (Phi) is 4.88. The molecule has 5 heteroatoms. The first-order chi connectivity index (χ1) is 11.2. The summed E-state index contributed by atoms with van der Waals surface area (Å²) in [5.74, 6) is 0.215. The van der Waals surface area contributed by atoms with Crippen LogP contribution in [-0.2, 0) is 0 Å². The summed E-state index contributed by atoms with van der Waals surface area (Å²) in [7, 11) is 0. The molecule has 0 radical (unpaired) electrons. The van der Waals surface area contributed by atoms with Crippen molar-refractivity contribution in [3.05, 3.63) is 48.2 Å². The van der Waals surface area contributed by atoms with Crippen molar-refractivity contribution in [1.82, 2.24) is 10.3 Å². The highest BCUT2D eigenvalue weighted by atomic mass is 16.5. The largest absolute Gasteiger partial charge is 0.478 e. The van der Waals surface area contributed by atoms with Crippen LogP contribution in [0.3, 0.4) is 0 Å². The third kappa shape index (κ3) is 4.07. The van der Waals surface area contributed by atoms with Gasteiger partial charge < -0.3 is 15.2 Å². The zero-order valence-electron chi connectivity index (χ0n) is 12.9. The van der Waals surface area contributed by atoms with E-state index in [1.807, 2.05) is 18.2 Å². The Bertz CT molecular complexity index is 664. The van der Waals surface area contributed by atoms with Gasteiger partial charge in [0.05, 0.1) is 12.2 Å². The average molecular weight is 312 g/mol. The fourth-order valence-corrected chi connectivity index (χ4v) is 2.74. The Labute approximate surface area is 135 Å². The van der Waals surface area contributed by atoms with E-state index in [1.165, 1.54) is 12.8 Å². The molecule has 1 unspecified atom stereocenters. The van der Waals surface area contributed by atoms with Crippen molar-refractivity contribution < 1.29 is 14.6 Å². The molecule has 1 saturated heterocycles. The van der Waals surface area contributed by atoms with Gasteiger partial charge in [-0.05, 0) is 43.1 Å². The molecule has 5 nitrogen and oxygen atoms in total. The molecule has 0 aliphatic carbocycles. The summed E-state index contributed by atoms with van der Waals surface area (Å²) < 4.78 is 5.75. The summed E-state index contributed by atoms with van der Waals surface area (Å²) >= 11 is 0. The smallest absolute Gasteiger partial charge is 0.335 e. The van der Waals surface area contributed by atoms with Crippen LogP contribution in [0.25, 0.3) is 11.1 Å². The number of ether oxygens (including phenoxy) is 1. The molecule has 23 heavy (non-hydrogen) atoms. The number of carboxylic acids is 1. The highest BCUT2D eigenvalue weighted by Crippen LogP contribution is 2.22. The van der Waals surface area contributed by atoms with Gasteiger partial charge in [-0.25, -0.2) is 9.78 Å². The molecule has 0 bridgehead atoms. The van der Waals surface area contributed by atoms with E-state index >= 15 is 0 Å². The van der Waals surface area contributed by atoms with Gasteiger partial charge in [-0.1, -0.05) is 12.1 Å². The Morgan fingerprint density at radius 1 is 1.30 bits per heavy atom. The lowest BCUT2D eigenvalue weighted by Gasteiger charge is -2.22. The molecule has 3 rings (SSSR count). The minimum atomic E-state index is -0.930. The number of nitrogens with one attached hydrogen (secondary N) is 1. The molecular weight excluding hydrogens is 292 g/mol. The third-order valence-corrected chi connectivity index (χ3v) is 4.05. The average Bonchev–Trinajstić information content (AvgIpc) is 2.61. The number of rotatable bonds is 5. The number of carboxylic acid groups (broad SMARTS) is 1. The van der Waals surface area contributed by atoms with Gasteiger partial charge in [-0.15, -0.1) is 0 Å². The molecule has 2 aromatic rings. The molecule has 1 aromatic heterocycles. The van der Waals surface area contributed by atoms with E-state index in [1.54, 1.807) is 24.4 Å². The number of benzene rings is 1. The predicted octanol–water partition coefficient (Wildman–Crippen LogP) is 2.83. The minimum Gasteiger partial charge on any atom is -0.478 e. The molecule has 1 aliphatic heterocycles. The van der Waals surface area contributed by atoms with Gasteiger partial charge in [0.25, 0.3) is 0 Å². The first-order valence-corrected chi connectivity index (χ1v) is 7.85. The second kappa shape index (κ2) is 7.24. The molecule has 0 spiro atoms. The quantitative estimate of drug-likeness (QED) is 0.888. The van der Waals surface area contributed by atoms with Crippen molar-refractivity contribution in [3.63, 3.8) is 0 Å². The maximum atomic E-state index is 11.0. The summed E-state index contributed by atoms with van der Waals surface area (Å²) in [6.07, 6.45) is 4.10. The third-order valence-electron chi connectivity index (χ3n) is 4.05. The van der Waals surface area contributed by atoms with E-state index in [-0.39, 0.29) is 5.56 Å². The molecular formula is C18H20N2O3. The molecule has 1 aliphatic rings. The zero-order chi connectivity index (χ0) is 16.1. The molecule has 1 fully saturated rings. The van der Waals surface area contributed by atoms with E-state index in [2.05, 4.69) is 10.3 Å². The monoisotopic (exact) mass is 312 g/mol. The fourth-order valence-electron chi connectivity index (χ4n) is 2.74. The second-order valence-corrected chi connectivity index (χ2v) is 5.79. The Hall–Kier alpha value is -2.40. The first-order valence-electron chi connectivity index (χ1n) is 7.85. The molecule has 0 saturated carbocycles. The van der Waals surface area contributed by atoms with Crippen molar-refractivity contribution in [3.8, 4) is 17.0 Å². The van der Waals surface area contributed by atoms with Crippen molar-refractivity contribution >= 4 is 5.97 Å². The highest BCUT2D eigenvalue weighted by Gasteiger charge is 2.13. The van der Waals surface area contributed by atoms with Crippen molar-refractivity contribution in [2.75, 3.05) is 19.7 Å². The number of piperidine rings is 1. The second-order valence-electron chi connectivity index (χ2n) is 5.79. The Balaban J connectivity index is 1.64. The minimum absolute atomic E-state index is 0.271. The van der Waals surface area contributed by atoms with Gasteiger partial charge in [0, 0.05) is 30.3 Å². The number of aromatic carboxylic acids is 1. The molecule has 2 N–H and O–H groups in total. The van der Waals surface area contributed by atoms with Gasteiger partial charge >= 0.3 is 5.97 Å². The first kappa shape index (κ1) is 15.5. The van der Waals surface area contributed by atoms with Crippen molar-refractivity contribution in [2.45, 2.75) is 12.8 Å². The number of aromatic nitrogens is 1. The van der Waals surface area contributed by atoms with Crippen LogP contribution in [0.1, 0.15) is 23.2 Å². The van der Waals surface area contributed by atoms with Crippen molar-refractivity contribution in [2.24, 2.45) is 5.92 Å². The van der Waals surface area contributed by atoms with E-state index < -0.39 is 5.97 Å². The van der Waals surface area contributed by atoms with Gasteiger partial charge in [-0.2, -0.15) is 0 Å². The summed E-state index contributed by atoms with van der Waals surface area (Å²) in [6.45, 7) is 2.77. The van der Waals surface area contributed by atoms with Crippen LogP contribution in [0.15, 0.2) is 42.6 Å². The lowest BCUT2D eigenvalue weighted by molar-refractivity contribution is 0.0697. The van der Waals surface area contributed by atoms with Crippen LogP contribution < -0.4 is 10.1 Å². The lowest BCUT2D eigenvalue weighted by atomic mass is 10.0. The number of carbonyl (C=O) groups is 1. The van der Waals surface area contributed by atoms with E-state index in [9.17, 15) is 4.79 Å². The van der Waals surface area contributed by atoms with Crippen LogP contribution in [0.5, 0.6) is 5.88 Å². The molecule has 1 aromatic carbocycles. The number of hydrogen-bond acceptors (Lipinski definition) is 4. The van der Waals surface area contributed by atoms with E-state index in [0.717, 1.165) is 24.2 Å². The summed E-state index contributed by atoms with van der Waals surface area (Å²) in [6, 6.07) is 10.6. The Morgan fingerprint density at radius 3 is 2.91 bits per heavy atom. The van der Waals surface area contributed by atoms with Gasteiger partial charge in [0.2, 0.25) is 5.88 Å². The predicted molar refractivity (Wildman–Crippen MR) is 87.7 cm³/mol. The summed E-state index contributed by atoms with van der Waals surface area (Å²) in [4.78, 5) is 15.4. The standard InChI is InChI=1S/C18H20N2O3/c21-18(22)15-5-1-4-14(9-15)16-6-7-17(20-11-16)23-12-13-3-2-8-19-10-13/h1,4-7,9,11,13,19H,2-3,8,10,12H2,(H,21,22). The van der Waals surface area contributed by atoms with Gasteiger partial charge in [0.15, 0.2) is 0 Å². The van der Waals surface area contributed by atoms with Crippen LogP contribution in [-0.4, -0.2) is 35.8 Å². The van der Waals surface area contributed by atoms with E-state index in [4.69, 9.17) is 9.84 Å². The maximum Gasteiger partial charge on any atom is 0.335 e. The number of nitrogens with zero attached hydrogens (tertiary/aromatic N) is 1. The Morgan fingerprint density at radius 2 is 2.22 bits per heavy atom. The maximum absolute atomic E-state index is 11.0. The van der Waals surface area contributed by atoms with Crippen molar-refractivity contribution in [1.29, 1.82) is 0 Å².